The number of carbonyl (C=O) groups is 1. The van der Waals surface area contributed by atoms with Gasteiger partial charge in [0.1, 0.15) is 29.0 Å². The first kappa shape index (κ1) is 18.8. The Kier molecular flexibility index (Phi) is 5.96. The van der Waals surface area contributed by atoms with Crippen molar-refractivity contribution in [2.24, 2.45) is 5.73 Å². The number of rotatable bonds is 7. The molecule has 6 heteroatoms. The predicted octanol–water partition coefficient (Wildman–Crippen LogP) is 4.88. The highest BCUT2D eigenvalue weighted by molar-refractivity contribution is 6.30. The predicted molar refractivity (Wildman–Crippen MR) is 104 cm³/mol. The van der Waals surface area contributed by atoms with Gasteiger partial charge in [0.15, 0.2) is 0 Å². The molecule has 0 fully saturated rings. The van der Waals surface area contributed by atoms with Crippen molar-refractivity contribution in [3.63, 3.8) is 0 Å². The fraction of sp³-hybridized carbons (Fsp3) is 0.0952. The smallest absolute Gasteiger partial charge is 0.320 e. The third kappa shape index (κ3) is 5.48. The minimum atomic E-state index is -1.02. The van der Waals surface area contributed by atoms with E-state index < -0.39 is 12.0 Å². The fourth-order valence-electron chi connectivity index (χ4n) is 2.39. The summed E-state index contributed by atoms with van der Waals surface area (Å²) in [4.78, 5) is 10.8. The number of carboxylic acids is 1. The first-order chi connectivity index (χ1) is 13.0. The molecule has 27 heavy (non-hydrogen) atoms. The molecule has 1 atom stereocenters. The zero-order valence-electron chi connectivity index (χ0n) is 14.3. The zero-order chi connectivity index (χ0) is 19.2. The molecule has 138 valence electrons. The topological polar surface area (TPSA) is 81.8 Å². The Bertz CT molecular complexity index is 893. The molecule has 3 aromatic carbocycles. The molecule has 0 amide bonds. The van der Waals surface area contributed by atoms with Gasteiger partial charge in [-0.05, 0) is 72.6 Å². The van der Waals surface area contributed by atoms with Crippen molar-refractivity contribution in [2.45, 2.75) is 12.5 Å². The molecule has 0 spiro atoms. The molecular weight excluding hydrogens is 366 g/mol. The number of hydrogen-bond acceptors (Lipinski definition) is 4. The van der Waals surface area contributed by atoms with Crippen molar-refractivity contribution in [1.29, 1.82) is 0 Å². The number of carboxylic acid groups (broad SMARTS) is 1. The van der Waals surface area contributed by atoms with E-state index in [0.717, 1.165) is 5.56 Å². The fourth-order valence-corrected chi connectivity index (χ4v) is 2.51. The maximum atomic E-state index is 10.8. The van der Waals surface area contributed by atoms with Crippen LogP contribution in [0.5, 0.6) is 23.0 Å². The quantitative estimate of drug-likeness (QED) is 0.607. The average molecular weight is 384 g/mol. The lowest BCUT2D eigenvalue weighted by Crippen LogP contribution is -2.32. The second-order valence-corrected chi connectivity index (χ2v) is 6.36. The third-order valence-electron chi connectivity index (χ3n) is 3.80. The Balaban J connectivity index is 1.59. The molecule has 0 radical (unpaired) electrons. The van der Waals surface area contributed by atoms with Crippen molar-refractivity contribution >= 4 is 17.6 Å². The normalized spacial score (nSPS) is 11.6. The minimum absolute atomic E-state index is 0.270. The summed E-state index contributed by atoms with van der Waals surface area (Å²) >= 11 is 5.86. The van der Waals surface area contributed by atoms with Gasteiger partial charge in [0, 0.05) is 5.02 Å². The summed E-state index contributed by atoms with van der Waals surface area (Å²) in [7, 11) is 0. The van der Waals surface area contributed by atoms with Gasteiger partial charge < -0.3 is 20.3 Å². The molecule has 5 nitrogen and oxygen atoms in total. The SMILES string of the molecule is NC(Cc1ccc(Oc2ccc(Oc3ccc(Cl)cc3)cc2)cc1)C(=O)O. The number of benzene rings is 3. The van der Waals surface area contributed by atoms with Gasteiger partial charge in [0.2, 0.25) is 0 Å². The largest absolute Gasteiger partial charge is 0.480 e. The van der Waals surface area contributed by atoms with Crippen LogP contribution in [-0.4, -0.2) is 17.1 Å². The number of hydrogen-bond donors (Lipinski definition) is 2. The molecule has 0 aliphatic carbocycles. The highest BCUT2D eigenvalue weighted by Gasteiger charge is 2.12. The third-order valence-corrected chi connectivity index (χ3v) is 4.06. The monoisotopic (exact) mass is 383 g/mol. The van der Waals surface area contributed by atoms with Crippen LogP contribution < -0.4 is 15.2 Å². The van der Waals surface area contributed by atoms with E-state index >= 15 is 0 Å². The van der Waals surface area contributed by atoms with Crippen molar-refractivity contribution in [1.82, 2.24) is 0 Å². The summed E-state index contributed by atoms with van der Waals surface area (Å²) in [5.41, 5.74) is 6.37. The summed E-state index contributed by atoms with van der Waals surface area (Å²) in [6, 6.07) is 20.6. The summed E-state index contributed by atoms with van der Waals surface area (Å²) in [6.07, 6.45) is 0.270. The Morgan fingerprint density at radius 3 is 1.59 bits per heavy atom. The van der Waals surface area contributed by atoms with Gasteiger partial charge in [-0.1, -0.05) is 23.7 Å². The van der Waals surface area contributed by atoms with Crippen LogP contribution in [0.2, 0.25) is 5.02 Å². The lowest BCUT2D eigenvalue weighted by atomic mass is 10.1. The van der Waals surface area contributed by atoms with Crippen LogP contribution in [0.3, 0.4) is 0 Å². The van der Waals surface area contributed by atoms with Crippen LogP contribution in [0.15, 0.2) is 72.8 Å². The van der Waals surface area contributed by atoms with E-state index in [9.17, 15) is 4.79 Å². The van der Waals surface area contributed by atoms with Crippen LogP contribution in [0.1, 0.15) is 5.56 Å². The summed E-state index contributed by atoms with van der Waals surface area (Å²) < 4.78 is 11.5. The molecule has 0 saturated heterocycles. The molecular formula is C21H18ClNO4. The molecule has 0 bridgehead atoms. The minimum Gasteiger partial charge on any atom is -0.480 e. The van der Waals surface area contributed by atoms with E-state index in [-0.39, 0.29) is 6.42 Å². The van der Waals surface area contributed by atoms with Gasteiger partial charge in [0.25, 0.3) is 0 Å². The van der Waals surface area contributed by atoms with Gasteiger partial charge in [0.05, 0.1) is 0 Å². The zero-order valence-corrected chi connectivity index (χ0v) is 15.1. The van der Waals surface area contributed by atoms with Crippen LogP contribution in [0.4, 0.5) is 0 Å². The lowest BCUT2D eigenvalue weighted by molar-refractivity contribution is -0.138. The van der Waals surface area contributed by atoms with Gasteiger partial charge in [-0.15, -0.1) is 0 Å². The summed E-state index contributed by atoms with van der Waals surface area (Å²) in [6.45, 7) is 0. The van der Waals surface area contributed by atoms with Crippen LogP contribution in [0, 0.1) is 0 Å². The number of ether oxygens (including phenoxy) is 2. The highest BCUT2D eigenvalue weighted by Crippen LogP contribution is 2.27. The van der Waals surface area contributed by atoms with Crippen molar-refractivity contribution in [3.05, 3.63) is 83.4 Å². The molecule has 0 aliphatic rings. The standard InChI is InChI=1S/C21H18ClNO4/c22-15-3-7-17(8-4-15)27-19-11-9-18(10-12-19)26-16-5-1-14(2-6-16)13-20(23)21(24)25/h1-12,20H,13,23H2,(H,24,25). The molecule has 0 saturated carbocycles. The van der Waals surface area contributed by atoms with E-state index in [1.807, 2.05) is 12.1 Å². The van der Waals surface area contributed by atoms with Crippen molar-refractivity contribution in [2.75, 3.05) is 0 Å². The number of halogens is 1. The van der Waals surface area contributed by atoms with Crippen molar-refractivity contribution < 1.29 is 19.4 Å². The molecule has 0 heterocycles. The molecule has 1 unspecified atom stereocenters. The first-order valence-corrected chi connectivity index (χ1v) is 8.66. The van der Waals surface area contributed by atoms with Gasteiger partial charge in [-0.25, -0.2) is 0 Å². The van der Waals surface area contributed by atoms with E-state index in [4.69, 9.17) is 31.9 Å². The lowest BCUT2D eigenvalue weighted by Gasteiger charge is -2.10. The average Bonchev–Trinajstić information content (AvgIpc) is 2.66. The highest BCUT2D eigenvalue weighted by atomic mass is 35.5. The van der Waals surface area contributed by atoms with E-state index in [1.165, 1.54) is 0 Å². The van der Waals surface area contributed by atoms with Crippen molar-refractivity contribution in [3.8, 4) is 23.0 Å². The van der Waals surface area contributed by atoms with E-state index in [1.54, 1.807) is 60.7 Å². The van der Waals surface area contributed by atoms with E-state index in [2.05, 4.69) is 0 Å². The van der Waals surface area contributed by atoms with E-state index in [0.29, 0.717) is 28.0 Å². The number of aliphatic carboxylic acids is 1. The molecule has 0 aromatic heterocycles. The molecule has 3 aromatic rings. The maximum Gasteiger partial charge on any atom is 0.320 e. The van der Waals surface area contributed by atoms with Gasteiger partial charge in [-0.3, -0.25) is 4.79 Å². The van der Waals surface area contributed by atoms with Crippen LogP contribution in [-0.2, 0) is 11.2 Å². The molecule has 0 aliphatic heterocycles. The second kappa shape index (κ2) is 8.58. The van der Waals surface area contributed by atoms with Crippen LogP contribution >= 0.6 is 11.6 Å². The maximum absolute atomic E-state index is 10.8. The Morgan fingerprint density at radius 2 is 1.19 bits per heavy atom. The first-order valence-electron chi connectivity index (χ1n) is 8.28. The summed E-state index contributed by atoms with van der Waals surface area (Å²) in [5.74, 6) is 1.67. The van der Waals surface area contributed by atoms with Gasteiger partial charge in [-0.2, -0.15) is 0 Å². The van der Waals surface area contributed by atoms with Crippen LogP contribution in [0.25, 0.3) is 0 Å². The second-order valence-electron chi connectivity index (χ2n) is 5.92. The Hall–Kier alpha value is -3.02. The summed E-state index contributed by atoms with van der Waals surface area (Å²) in [5, 5.41) is 9.51. The van der Waals surface area contributed by atoms with Gasteiger partial charge >= 0.3 is 5.97 Å². The number of nitrogens with two attached hydrogens (primary N) is 1. The molecule has 3 N–H and O–H groups in total. The Morgan fingerprint density at radius 1 is 0.815 bits per heavy atom. The Labute approximate surface area is 161 Å². The molecule has 3 rings (SSSR count).